The van der Waals surface area contributed by atoms with Crippen molar-refractivity contribution in [1.82, 2.24) is 4.90 Å². The Morgan fingerprint density at radius 1 is 1.22 bits per heavy atom. The summed E-state index contributed by atoms with van der Waals surface area (Å²) < 4.78 is 18.5. The Morgan fingerprint density at radius 2 is 1.83 bits per heavy atom. The van der Waals surface area contributed by atoms with Gasteiger partial charge < -0.3 is 9.64 Å². The fourth-order valence-electron chi connectivity index (χ4n) is 2.97. The van der Waals surface area contributed by atoms with Gasteiger partial charge in [0.05, 0.1) is 0 Å². The van der Waals surface area contributed by atoms with Crippen molar-refractivity contribution < 1.29 is 18.7 Å². The molecule has 1 amide bonds. The number of carbonyl (C=O) groups excluding carboxylic acids is 2. The lowest BCUT2D eigenvalue weighted by atomic mass is 9.78. The molecular formula is C18H24FNO3. The highest BCUT2D eigenvalue weighted by Crippen LogP contribution is 2.34. The minimum Gasteiger partial charge on any atom is -0.444 e. The van der Waals surface area contributed by atoms with Crippen LogP contribution < -0.4 is 0 Å². The molecule has 0 radical (unpaired) electrons. The van der Waals surface area contributed by atoms with Crippen molar-refractivity contribution in [3.63, 3.8) is 0 Å². The number of likely N-dealkylation sites (tertiary alicyclic amines) is 1. The molecule has 0 aliphatic carbocycles. The zero-order valence-electron chi connectivity index (χ0n) is 14.1. The number of carbonyl (C=O) groups is 2. The molecule has 23 heavy (non-hydrogen) atoms. The standard InChI is InChI=1S/C18H24FNO3/c1-12(21)16-11-20(17(22)23-18(2,3)4)10-9-15(16)13-5-7-14(19)8-6-13/h5-8,15-16H,9-11H2,1-4H3/t15-,16-/m0/s1. The molecule has 2 atom stereocenters. The van der Waals surface area contributed by atoms with E-state index in [0.717, 1.165) is 5.56 Å². The largest absolute Gasteiger partial charge is 0.444 e. The van der Waals surface area contributed by atoms with Gasteiger partial charge >= 0.3 is 6.09 Å². The first kappa shape index (κ1) is 17.4. The Balaban J connectivity index is 2.13. The first-order valence-corrected chi connectivity index (χ1v) is 7.91. The van der Waals surface area contributed by atoms with Gasteiger partial charge in [-0.25, -0.2) is 9.18 Å². The molecule has 1 heterocycles. The van der Waals surface area contributed by atoms with Crippen molar-refractivity contribution in [2.24, 2.45) is 5.92 Å². The summed E-state index contributed by atoms with van der Waals surface area (Å²) in [5, 5.41) is 0. The van der Waals surface area contributed by atoms with E-state index in [1.165, 1.54) is 12.1 Å². The molecule has 1 aromatic carbocycles. The minimum absolute atomic E-state index is 0.00628. The van der Waals surface area contributed by atoms with Crippen LogP contribution in [0.4, 0.5) is 9.18 Å². The average Bonchev–Trinajstić information content (AvgIpc) is 2.45. The maximum absolute atomic E-state index is 13.1. The number of rotatable bonds is 2. The lowest BCUT2D eigenvalue weighted by Crippen LogP contribution is -2.47. The van der Waals surface area contributed by atoms with Gasteiger partial charge in [0.1, 0.15) is 17.2 Å². The molecule has 126 valence electrons. The zero-order chi connectivity index (χ0) is 17.2. The SMILES string of the molecule is CC(=O)[C@@H]1CN(C(=O)OC(C)(C)C)CC[C@H]1c1ccc(F)cc1. The van der Waals surface area contributed by atoms with Crippen molar-refractivity contribution in [1.29, 1.82) is 0 Å². The van der Waals surface area contributed by atoms with Crippen molar-refractivity contribution in [2.75, 3.05) is 13.1 Å². The van der Waals surface area contributed by atoms with Crippen LogP contribution in [0, 0.1) is 11.7 Å². The van der Waals surface area contributed by atoms with Gasteiger partial charge in [-0.2, -0.15) is 0 Å². The quantitative estimate of drug-likeness (QED) is 0.833. The number of halogens is 1. The van der Waals surface area contributed by atoms with Crippen LogP contribution in [0.3, 0.4) is 0 Å². The van der Waals surface area contributed by atoms with E-state index in [-0.39, 0.29) is 29.5 Å². The molecule has 5 heteroatoms. The van der Waals surface area contributed by atoms with Crippen LogP contribution >= 0.6 is 0 Å². The van der Waals surface area contributed by atoms with Crippen molar-refractivity contribution in [3.8, 4) is 0 Å². The molecule has 1 aromatic rings. The summed E-state index contributed by atoms with van der Waals surface area (Å²) in [5.41, 5.74) is 0.381. The number of amides is 1. The van der Waals surface area contributed by atoms with Gasteiger partial charge in [0.25, 0.3) is 0 Å². The van der Waals surface area contributed by atoms with E-state index in [1.54, 1.807) is 24.0 Å². The predicted molar refractivity (Wildman–Crippen MR) is 85.7 cm³/mol. The van der Waals surface area contributed by atoms with Crippen LogP contribution in [0.15, 0.2) is 24.3 Å². The number of benzene rings is 1. The highest BCUT2D eigenvalue weighted by Gasteiger charge is 2.36. The van der Waals surface area contributed by atoms with Gasteiger partial charge in [-0.1, -0.05) is 12.1 Å². The number of ketones is 1. The first-order valence-electron chi connectivity index (χ1n) is 7.91. The van der Waals surface area contributed by atoms with E-state index in [4.69, 9.17) is 4.74 Å². The van der Waals surface area contributed by atoms with Crippen LogP contribution in [0.1, 0.15) is 45.6 Å². The average molecular weight is 321 g/mol. The molecule has 1 saturated heterocycles. The van der Waals surface area contributed by atoms with Gasteiger partial charge in [0, 0.05) is 19.0 Å². The summed E-state index contributed by atoms with van der Waals surface area (Å²) in [6.45, 7) is 7.86. The molecule has 4 nitrogen and oxygen atoms in total. The second-order valence-corrected chi connectivity index (χ2v) is 7.09. The third-order valence-electron chi connectivity index (χ3n) is 4.08. The van der Waals surface area contributed by atoms with E-state index in [0.29, 0.717) is 19.5 Å². The monoisotopic (exact) mass is 321 g/mol. The third kappa shape index (κ3) is 4.53. The van der Waals surface area contributed by atoms with E-state index in [1.807, 2.05) is 20.8 Å². The summed E-state index contributed by atoms with van der Waals surface area (Å²) >= 11 is 0. The molecule has 1 aliphatic rings. The topological polar surface area (TPSA) is 46.6 Å². The Labute approximate surface area is 136 Å². The van der Waals surface area contributed by atoms with Crippen molar-refractivity contribution >= 4 is 11.9 Å². The summed E-state index contributed by atoms with van der Waals surface area (Å²) in [5.74, 6) is -0.541. The number of hydrogen-bond acceptors (Lipinski definition) is 3. The molecule has 2 rings (SSSR count). The Bertz CT molecular complexity index is 577. The molecule has 0 aromatic heterocycles. The van der Waals surface area contributed by atoms with Crippen LogP contribution in [-0.2, 0) is 9.53 Å². The van der Waals surface area contributed by atoms with Gasteiger partial charge in [-0.05, 0) is 57.7 Å². The number of piperidine rings is 1. The fourth-order valence-corrected chi connectivity index (χ4v) is 2.97. The van der Waals surface area contributed by atoms with Gasteiger partial charge in [-0.3, -0.25) is 4.79 Å². The molecule has 0 bridgehead atoms. The zero-order valence-corrected chi connectivity index (χ0v) is 14.1. The molecule has 0 N–H and O–H groups in total. The lowest BCUT2D eigenvalue weighted by molar-refractivity contribution is -0.122. The minimum atomic E-state index is -0.559. The normalized spacial score (nSPS) is 21.9. The Morgan fingerprint density at radius 3 is 2.35 bits per heavy atom. The summed E-state index contributed by atoms with van der Waals surface area (Å²) in [7, 11) is 0. The molecular weight excluding hydrogens is 297 g/mol. The third-order valence-corrected chi connectivity index (χ3v) is 4.08. The van der Waals surface area contributed by atoms with E-state index in [2.05, 4.69) is 0 Å². The Kier molecular flexibility index (Phi) is 5.07. The highest BCUT2D eigenvalue weighted by molar-refractivity contribution is 5.81. The van der Waals surface area contributed by atoms with Gasteiger partial charge in [0.15, 0.2) is 0 Å². The van der Waals surface area contributed by atoms with Gasteiger partial charge in [0.2, 0.25) is 0 Å². The van der Waals surface area contributed by atoms with Crippen molar-refractivity contribution in [2.45, 2.75) is 45.6 Å². The van der Waals surface area contributed by atoms with Crippen LogP contribution in [-0.4, -0.2) is 35.5 Å². The number of ether oxygens (including phenoxy) is 1. The number of hydrogen-bond donors (Lipinski definition) is 0. The molecule has 0 saturated carbocycles. The van der Waals surface area contributed by atoms with Crippen LogP contribution in [0.25, 0.3) is 0 Å². The molecule has 0 spiro atoms. The second kappa shape index (κ2) is 6.69. The molecule has 1 fully saturated rings. The van der Waals surface area contributed by atoms with Crippen LogP contribution in [0.2, 0.25) is 0 Å². The molecule has 1 aliphatic heterocycles. The number of nitrogens with zero attached hydrogens (tertiary/aromatic N) is 1. The second-order valence-electron chi connectivity index (χ2n) is 7.09. The maximum Gasteiger partial charge on any atom is 0.410 e. The predicted octanol–water partition coefficient (Wildman–Crippen LogP) is 3.76. The molecule has 0 unspecified atom stereocenters. The fraction of sp³-hybridized carbons (Fsp3) is 0.556. The lowest BCUT2D eigenvalue weighted by Gasteiger charge is -2.38. The Hall–Kier alpha value is -1.91. The first-order chi connectivity index (χ1) is 10.7. The number of Topliss-reactive ketones (excluding diaryl/α,β-unsaturated/α-hetero) is 1. The van der Waals surface area contributed by atoms with E-state index < -0.39 is 5.60 Å². The maximum atomic E-state index is 13.1. The smallest absolute Gasteiger partial charge is 0.410 e. The highest BCUT2D eigenvalue weighted by atomic mass is 19.1. The van der Waals surface area contributed by atoms with E-state index in [9.17, 15) is 14.0 Å². The van der Waals surface area contributed by atoms with Crippen molar-refractivity contribution in [3.05, 3.63) is 35.6 Å². The summed E-state index contributed by atoms with van der Waals surface area (Å²) in [4.78, 5) is 25.9. The summed E-state index contributed by atoms with van der Waals surface area (Å²) in [6, 6.07) is 6.26. The van der Waals surface area contributed by atoms with Gasteiger partial charge in [-0.15, -0.1) is 0 Å². The van der Waals surface area contributed by atoms with E-state index >= 15 is 0 Å². The van der Waals surface area contributed by atoms with Crippen LogP contribution in [0.5, 0.6) is 0 Å². The summed E-state index contributed by atoms with van der Waals surface area (Å²) in [6.07, 6.45) is 0.274.